The molecule has 1 aromatic rings. The Labute approximate surface area is 132 Å². The Morgan fingerprint density at radius 3 is 2.36 bits per heavy atom. The molecule has 0 unspecified atom stereocenters. The van der Waals surface area contributed by atoms with Gasteiger partial charge in [0.25, 0.3) is 0 Å². The molecule has 2 rings (SSSR count). The van der Waals surface area contributed by atoms with E-state index in [-0.39, 0.29) is 12.6 Å². The molecule has 2 N–H and O–H groups in total. The molecule has 0 saturated carbocycles. The average Bonchev–Trinajstić information content (AvgIpc) is 2.55. The lowest BCUT2D eigenvalue weighted by molar-refractivity contribution is 0.152. The van der Waals surface area contributed by atoms with Crippen molar-refractivity contribution >= 4 is 6.03 Å². The van der Waals surface area contributed by atoms with Gasteiger partial charge in [-0.15, -0.1) is 0 Å². The molecule has 0 atom stereocenters. The van der Waals surface area contributed by atoms with Gasteiger partial charge in [0.05, 0.1) is 6.61 Å². The zero-order valence-electron chi connectivity index (χ0n) is 13.6. The second-order valence-electron chi connectivity index (χ2n) is 6.12. The summed E-state index contributed by atoms with van der Waals surface area (Å²) in [5, 5.41) is 12.6. The van der Waals surface area contributed by atoms with Crippen LogP contribution >= 0.6 is 0 Å². The van der Waals surface area contributed by atoms with E-state index in [4.69, 9.17) is 5.11 Å². The zero-order chi connectivity index (χ0) is 15.9. The SMILES string of the molecule is CN(C)C(=O)N1CCC(NCCc2ccc(CO)cc2)CC1. The molecular formula is C17H27N3O2. The maximum Gasteiger partial charge on any atom is 0.319 e. The predicted molar refractivity (Wildman–Crippen MR) is 87.7 cm³/mol. The number of carbonyl (C=O) groups is 1. The summed E-state index contributed by atoms with van der Waals surface area (Å²) in [7, 11) is 3.60. The lowest BCUT2D eigenvalue weighted by Crippen LogP contribution is -2.48. The Hall–Kier alpha value is -1.59. The van der Waals surface area contributed by atoms with Crippen LogP contribution in [0.15, 0.2) is 24.3 Å². The van der Waals surface area contributed by atoms with Crippen molar-refractivity contribution in [2.75, 3.05) is 33.7 Å². The van der Waals surface area contributed by atoms with Gasteiger partial charge in [0.1, 0.15) is 0 Å². The van der Waals surface area contributed by atoms with E-state index in [9.17, 15) is 4.79 Å². The number of likely N-dealkylation sites (tertiary alicyclic amines) is 1. The standard InChI is InChI=1S/C17H27N3O2/c1-19(2)17(22)20-11-8-16(9-12-20)18-10-7-14-3-5-15(13-21)6-4-14/h3-6,16,18,21H,7-13H2,1-2H3. The molecule has 1 aliphatic heterocycles. The molecule has 1 saturated heterocycles. The van der Waals surface area contributed by atoms with Gasteiger partial charge in [-0.1, -0.05) is 24.3 Å². The number of benzene rings is 1. The van der Waals surface area contributed by atoms with E-state index in [1.54, 1.807) is 19.0 Å². The smallest absolute Gasteiger partial charge is 0.319 e. The number of nitrogens with one attached hydrogen (secondary N) is 1. The van der Waals surface area contributed by atoms with Crippen molar-refractivity contribution in [1.29, 1.82) is 0 Å². The highest BCUT2D eigenvalue weighted by Crippen LogP contribution is 2.12. The Kier molecular flexibility index (Phi) is 6.21. The number of aliphatic hydroxyl groups is 1. The Balaban J connectivity index is 1.67. The molecular weight excluding hydrogens is 278 g/mol. The van der Waals surface area contributed by atoms with E-state index < -0.39 is 0 Å². The number of aliphatic hydroxyl groups excluding tert-OH is 1. The van der Waals surface area contributed by atoms with Gasteiger partial charge in [0.15, 0.2) is 0 Å². The van der Waals surface area contributed by atoms with Crippen LogP contribution in [0.1, 0.15) is 24.0 Å². The number of piperidine rings is 1. The maximum atomic E-state index is 11.9. The van der Waals surface area contributed by atoms with Crippen molar-refractivity contribution in [2.24, 2.45) is 0 Å². The van der Waals surface area contributed by atoms with Gasteiger partial charge < -0.3 is 20.2 Å². The van der Waals surface area contributed by atoms with Gasteiger partial charge in [-0.2, -0.15) is 0 Å². The molecule has 2 amide bonds. The van der Waals surface area contributed by atoms with Crippen molar-refractivity contribution in [3.8, 4) is 0 Å². The molecule has 1 heterocycles. The highest BCUT2D eigenvalue weighted by atomic mass is 16.3. The number of hydrogen-bond donors (Lipinski definition) is 2. The van der Waals surface area contributed by atoms with Crippen molar-refractivity contribution in [3.05, 3.63) is 35.4 Å². The van der Waals surface area contributed by atoms with E-state index in [2.05, 4.69) is 17.4 Å². The summed E-state index contributed by atoms with van der Waals surface area (Å²) in [5.41, 5.74) is 2.24. The number of urea groups is 1. The van der Waals surface area contributed by atoms with Gasteiger partial charge in [-0.05, 0) is 36.9 Å². The van der Waals surface area contributed by atoms with Crippen LogP contribution in [-0.4, -0.2) is 60.7 Å². The van der Waals surface area contributed by atoms with Crippen molar-refractivity contribution in [3.63, 3.8) is 0 Å². The third-order valence-corrected chi connectivity index (χ3v) is 4.20. The van der Waals surface area contributed by atoms with E-state index in [0.717, 1.165) is 44.5 Å². The van der Waals surface area contributed by atoms with Crippen LogP contribution in [0.25, 0.3) is 0 Å². The molecule has 1 fully saturated rings. The summed E-state index contributed by atoms with van der Waals surface area (Å²) in [5.74, 6) is 0. The molecule has 1 aromatic carbocycles. The number of nitrogens with zero attached hydrogens (tertiary/aromatic N) is 2. The van der Waals surface area contributed by atoms with Gasteiger partial charge >= 0.3 is 6.03 Å². The lowest BCUT2D eigenvalue weighted by Gasteiger charge is -2.34. The molecule has 0 aromatic heterocycles. The maximum absolute atomic E-state index is 11.9. The first-order chi connectivity index (χ1) is 10.6. The second kappa shape index (κ2) is 8.15. The second-order valence-corrected chi connectivity index (χ2v) is 6.12. The quantitative estimate of drug-likeness (QED) is 0.866. The van der Waals surface area contributed by atoms with Crippen LogP contribution in [0.3, 0.4) is 0 Å². The summed E-state index contributed by atoms with van der Waals surface area (Å²) in [4.78, 5) is 15.4. The van der Waals surface area contributed by atoms with Crippen LogP contribution < -0.4 is 5.32 Å². The summed E-state index contributed by atoms with van der Waals surface area (Å²) in [6.07, 6.45) is 3.02. The predicted octanol–water partition coefficient (Wildman–Crippen LogP) is 1.46. The summed E-state index contributed by atoms with van der Waals surface area (Å²) in [6.45, 7) is 2.72. The fourth-order valence-electron chi connectivity index (χ4n) is 2.79. The first-order valence-electron chi connectivity index (χ1n) is 7.98. The molecule has 0 radical (unpaired) electrons. The third kappa shape index (κ3) is 4.71. The van der Waals surface area contributed by atoms with Gasteiger partial charge in [0, 0.05) is 33.2 Å². The summed E-state index contributed by atoms with van der Waals surface area (Å²) in [6, 6.07) is 8.71. The molecule has 0 aliphatic carbocycles. The minimum Gasteiger partial charge on any atom is -0.392 e. The Bertz CT molecular complexity index is 465. The molecule has 22 heavy (non-hydrogen) atoms. The molecule has 1 aliphatic rings. The molecule has 5 nitrogen and oxygen atoms in total. The van der Waals surface area contributed by atoms with Crippen molar-refractivity contribution in [1.82, 2.24) is 15.1 Å². The Morgan fingerprint density at radius 2 is 1.82 bits per heavy atom. The first-order valence-corrected chi connectivity index (χ1v) is 7.98. The Morgan fingerprint density at radius 1 is 1.23 bits per heavy atom. The summed E-state index contributed by atoms with van der Waals surface area (Å²) >= 11 is 0. The molecule has 122 valence electrons. The van der Waals surface area contributed by atoms with Crippen LogP contribution in [0.4, 0.5) is 4.79 Å². The minimum atomic E-state index is 0.1000. The molecule has 0 bridgehead atoms. The highest BCUT2D eigenvalue weighted by Gasteiger charge is 2.23. The number of hydrogen-bond acceptors (Lipinski definition) is 3. The zero-order valence-corrected chi connectivity index (χ0v) is 13.6. The fraction of sp³-hybridized carbons (Fsp3) is 0.588. The van der Waals surface area contributed by atoms with Crippen molar-refractivity contribution in [2.45, 2.75) is 31.9 Å². The monoisotopic (exact) mass is 305 g/mol. The van der Waals surface area contributed by atoms with E-state index in [1.807, 2.05) is 17.0 Å². The number of rotatable bonds is 5. The average molecular weight is 305 g/mol. The van der Waals surface area contributed by atoms with Gasteiger partial charge in [0.2, 0.25) is 0 Å². The molecule has 5 heteroatoms. The topological polar surface area (TPSA) is 55.8 Å². The first kappa shape index (κ1) is 16.8. The minimum absolute atomic E-state index is 0.1000. The summed E-state index contributed by atoms with van der Waals surface area (Å²) < 4.78 is 0. The third-order valence-electron chi connectivity index (χ3n) is 4.20. The number of carbonyl (C=O) groups excluding carboxylic acids is 1. The fourth-order valence-corrected chi connectivity index (χ4v) is 2.79. The van der Waals surface area contributed by atoms with Gasteiger partial charge in [-0.25, -0.2) is 4.79 Å². The highest BCUT2D eigenvalue weighted by molar-refractivity contribution is 5.73. The van der Waals surface area contributed by atoms with E-state index in [1.165, 1.54) is 5.56 Å². The van der Waals surface area contributed by atoms with Crippen LogP contribution in [0.2, 0.25) is 0 Å². The lowest BCUT2D eigenvalue weighted by atomic mass is 10.0. The van der Waals surface area contributed by atoms with Crippen LogP contribution in [-0.2, 0) is 13.0 Å². The van der Waals surface area contributed by atoms with Crippen molar-refractivity contribution < 1.29 is 9.90 Å². The van der Waals surface area contributed by atoms with Crippen LogP contribution in [0.5, 0.6) is 0 Å². The van der Waals surface area contributed by atoms with Crippen LogP contribution in [0, 0.1) is 0 Å². The van der Waals surface area contributed by atoms with E-state index >= 15 is 0 Å². The van der Waals surface area contributed by atoms with E-state index in [0.29, 0.717) is 6.04 Å². The molecule has 0 spiro atoms. The largest absolute Gasteiger partial charge is 0.392 e. The van der Waals surface area contributed by atoms with Gasteiger partial charge in [-0.3, -0.25) is 0 Å². The normalized spacial score (nSPS) is 15.9. The number of amides is 2.